The summed E-state index contributed by atoms with van der Waals surface area (Å²) < 4.78 is 0. The van der Waals surface area contributed by atoms with Crippen LogP contribution in [0.3, 0.4) is 0 Å². The van der Waals surface area contributed by atoms with Crippen LogP contribution in [0.4, 0.5) is 5.95 Å². The highest BCUT2D eigenvalue weighted by Crippen LogP contribution is 2.10. The fourth-order valence-electron chi connectivity index (χ4n) is 1.48. The number of alkyl halides is 1. The number of hydrogen-bond acceptors (Lipinski definition) is 4. The van der Waals surface area contributed by atoms with Gasteiger partial charge in [0, 0.05) is 11.4 Å². The molecule has 0 saturated heterocycles. The number of aromatic nitrogens is 3. The summed E-state index contributed by atoms with van der Waals surface area (Å²) in [7, 11) is 0. The number of aryl methyl sites for hydroxylation is 2. The van der Waals surface area contributed by atoms with Crippen LogP contribution in [-0.2, 0) is 5.88 Å². The van der Waals surface area contributed by atoms with Crippen LogP contribution >= 0.6 is 11.6 Å². The molecular weight excluding hydrogens is 264 g/mol. The monoisotopic (exact) mass is 276 g/mol. The SMILES string of the molecule is Cc1nnc(NC(=O)c2cccc(CCl)c2)nc1C. The van der Waals surface area contributed by atoms with Crippen molar-refractivity contribution in [3.8, 4) is 0 Å². The molecule has 2 rings (SSSR count). The fraction of sp³-hybridized carbons (Fsp3) is 0.231. The number of benzene rings is 1. The Bertz CT molecular complexity index is 615. The molecule has 1 aromatic carbocycles. The topological polar surface area (TPSA) is 67.8 Å². The molecule has 0 aliphatic heterocycles. The van der Waals surface area contributed by atoms with Gasteiger partial charge in [0.15, 0.2) is 0 Å². The van der Waals surface area contributed by atoms with Gasteiger partial charge in [-0.2, -0.15) is 5.10 Å². The van der Waals surface area contributed by atoms with E-state index in [9.17, 15) is 4.79 Å². The van der Waals surface area contributed by atoms with Gasteiger partial charge in [-0.05, 0) is 31.5 Å². The van der Waals surface area contributed by atoms with E-state index in [0.717, 1.165) is 17.0 Å². The first kappa shape index (κ1) is 13.4. The van der Waals surface area contributed by atoms with Gasteiger partial charge in [-0.25, -0.2) is 4.98 Å². The molecule has 0 fully saturated rings. The highest BCUT2D eigenvalue weighted by molar-refractivity contribution is 6.17. The Hall–Kier alpha value is -2.01. The van der Waals surface area contributed by atoms with Crippen LogP contribution in [0.25, 0.3) is 0 Å². The first-order chi connectivity index (χ1) is 9.10. The predicted molar refractivity (Wildman–Crippen MR) is 73.3 cm³/mol. The van der Waals surface area contributed by atoms with Crippen molar-refractivity contribution in [2.75, 3.05) is 5.32 Å². The maximum Gasteiger partial charge on any atom is 0.258 e. The zero-order valence-electron chi connectivity index (χ0n) is 10.6. The van der Waals surface area contributed by atoms with E-state index < -0.39 is 0 Å². The van der Waals surface area contributed by atoms with Crippen molar-refractivity contribution in [1.29, 1.82) is 0 Å². The summed E-state index contributed by atoms with van der Waals surface area (Å²) in [5.74, 6) is 0.282. The third-order valence-electron chi connectivity index (χ3n) is 2.66. The number of nitrogens with zero attached hydrogens (tertiary/aromatic N) is 3. The van der Waals surface area contributed by atoms with E-state index in [0.29, 0.717) is 11.4 Å². The third-order valence-corrected chi connectivity index (χ3v) is 2.97. The Morgan fingerprint density at radius 3 is 2.74 bits per heavy atom. The standard InChI is InChI=1S/C13H13ClN4O/c1-8-9(2)17-18-13(15-8)16-12(19)11-5-3-4-10(6-11)7-14/h3-6H,7H2,1-2H3,(H,15,16,18,19). The largest absolute Gasteiger partial charge is 0.289 e. The Morgan fingerprint density at radius 1 is 1.26 bits per heavy atom. The van der Waals surface area contributed by atoms with E-state index in [2.05, 4.69) is 20.5 Å². The zero-order chi connectivity index (χ0) is 13.8. The second kappa shape index (κ2) is 5.75. The van der Waals surface area contributed by atoms with Crippen molar-refractivity contribution >= 4 is 23.5 Å². The Morgan fingerprint density at radius 2 is 2.05 bits per heavy atom. The van der Waals surface area contributed by atoms with Crippen LogP contribution in [-0.4, -0.2) is 21.1 Å². The Balaban J connectivity index is 2.18. The summed E-state index contributed by atoms with van der Waals surface area (Å²) in [5.41, 5.74) is 2.87. The number of amides is 1. The molecule has 0 aliphatic carbocycles. The molecule has 0 unspecified atom stereocenters. The molecule has 98 valence electrons. The number of rotatable bonds is 3. The van der Waals surface area contributed by atoms with Gasteiger partial charge >= 0.3 is 0 Å². The summed E-state index contributed by atoms with van der Waals surface area (Å²) >= 11 is 5.74. The maximum absolute atomic E-state index is 12.0. The van der Waals surface area contributed by atoms with Gasteiger partial charge < -0.3 is 0 Å². The molecule has 1 aromatic heterocycles. The van der Waals surface area contributed by atoms with Gasteiger partial charge in [0.1, 0.15) is 0 Å². The van der Waals surface area contributed by atoms with Crippen molar-refractivity contribution in [2.45, 2.75) is 19.7 Å². The van der Waals surface area contributed by atoms with Gasteiger partial charge in [0.2, 0.25) is 5.95 Å². The third kappa shape index (κ3) is 3.26. The number of anilines is 1. The number of halogens is 1. The molecule has 0 saturated carbocycles. The molecular formula is C13H13ClN4O. The van der Waals surface area contributed by atoms with Crippen LogP contribution in [0.15, 0.2) is 24.3 Å². The number of carbonyl (C=O) groups excluding carboxylic acids is 1. The van der Waals surface area contributed by atoms with E-state index >= 15 is 0 Å². The molecule has 1 heterocycles. The second-order valence-corrected chi connectivity index (χ2v) is 4.36. The molecule has 0 spiro atoms. The average Bonchev–Trinajstić information content (AvgIpc) is 2.43. The molecule has 0 bridgehead atoms. The molecule has 0 atom stereocenters. The van der Waals surface area contributed by atoms with Crippen molar-refractivity contribution in [1.82, 2.24) is 15.2 Å². The summed E-state index contributed by atoms with van der Waals surface area (Å²) in [6, 6.07) is 7.08. The van der Waals surface area contributed by atoms with Gasteiger partial charge in [0.05, 0.1) is 11.4 Å². The van der Waals surface area contributed by atoms with Crippen molar-refractivity contribution in [2.24, 2.45) is 0 Å². The smallest absolute Gasteiger partial charge is 0.258 e. The quantitative estimate of drug-likeness (QED) is 0.875. The van der Waals surface area contributed by atoms with Gasteiger partial charge in [-0.15, -0.1) is 16.7 Å². The zero-order valence-corrected chi connectivity index (χ0v) is 11.4. The maximum atomic E-state index is 12.0. The van der Waals surface area contributed by atoms with Crippen LogP contribution in [0.2, 0.25) is 0 Å². The van der Waals surface area contributed by atoms with E-state index in [1.807, 2.05) is 19.9 Å². The van der Waals surface area contributed by atoms with Crippen LogP contribution in [0.5, 0.6) is 0 Å². The van der Waals surface area contributed by atoms with Crippen molar-refractivity contribution in [3.63, 3.8) is 0 Å². The molecule has 2 aromatic rings. The minimum atomic E-state index is -0.281. The van der Waals surface area contributed by atoms with Gasteiger partial charge in [-0.3, -0.25) is 10.1 Å². The highest BCUT2D eigenvalue weighted by Gasteiger charge is 2.09. The van der Waals surface area contributed by atoms with E-state index in [-0.39, 0.29) is 11.9 Å². The molecule has 0 aliphatic rings. The van der Waals surface area contributed by atoms with Crippen LogP contribution in [0.1, 0.15) is 27.3 Å². The lowest BCUT2D eigenvalue weighted by Crippen LogP contribution is -2.15. The van der Waals surface area contributed by atoms with E-state index in [1.165, 1.54) is 0 Å². The molecule has 0 radical (unpaired) electrons. The lowest BCUT2D eigenvalue weighted by molar-refractivity contribution is 0.102. The van der Waals surface area contributed by atoms with Crippen molar-refractivity contribution in [3.05, 3.63) is 46.8 Å². The molecule has 19 heavy (non-hydrogen) atoms. The predicted octanol–water partition coefficient (Wildman–Crippen LogP) is 2.48. The Kier molecular flexibility index (Phi) is 4.06. The lowest BCUT2D eigenvalue weighted by Gasteiger charge is -2.05. The fourth-order valence-corrected chi connectivity index (χ4v) is 1.65. The van der Waals surface area contributed by atoms with E-state index in [1.54, 1.807) is 18.2 Å². The summed E-state index contributed by atoms with van der Waals surface area (Å²) in [6.07, 6.45) is 0. The summed E-state index contributed by atoms with van der Waals surface area (Å²) in [6.45, 7) is 3.62. The molecule has 1 N–H and O–H groups in total. The number of carbonyl (C=O) groups is 1. The normalized spacial score (nSPS) is 10.3. The number of hydrogen-bond donors (Lipinski definition) is 1. The Labute approximate surface area is 116 Å². The summed E-state index contributed by atoms with van der Waals surface area (Å²) in [4.78, 5) is 16.2. The summed E-state index contributed by atoms with van der Waals surface area (Å²) in [5, 5.41) is 10.3. The van der Waals surface area contributed by atoms with Gasteiger partial charge in [0.25, 0.3) is 5.91 Å². The minimum absolute atomic E-state index is 0.198. The lowest BCUT2D eigenvalue weighted by atomic mass is 10.1. The van der Waals surface area contributed by atoms with Crippen molar-refractivity contribution < 1.29 is 4.79 Å². The first-order valence-corrected chi connectivity index (χ1v) is 6.28. The van der Waals surface area contributed by atoms with E-state index in [4.69, 9.17) is 11.6 Å². The molecule has 5 nitrogen and oxygen atoms in total. The second-order valence-electron chi connectivity index (χ2n) is 4.09. The van der Waals surface area contributed by atoms with Crippen LogP contribution < -0.4 is 5.32 Å². The first-order valence-electron chi connectivity index (χ1n) is 5.74. The minimum Gasteiger partial charge on any atom is -0.289 e. The number of nitrogens with one attached hydrogen (secondary N) is 1. The van der Waals surface area contributed by atoms with Gasteiger partial charge in [-0.1, -0.05) is 12.1 Å². The highest BCUT2D eigenvalue weighted by atomic mass is 35.5. The molecule has 6 heteroatoms. The van der Waals surface area contributed by atoms with Crippen LogP contribution in [0, 0.1) is 13.8 Å². The average molecular weight is 277 g/mol. The molecule has 1 amide bonds.